The van der Waals surface area contributed by atoms with E-state index >= 15 is 0 Å². The molecular weight excluding hydrogens is 210 g/mol. The van der Waals surface area contributed by atoms with Crippen LogP contribution >= 0.6 is 0 Å². The summed E-state index contributed by atoms with van der Waals surface area (Å²) < 4.78 is 23.2. The molecule has 0 bridgehead atoms. The predicted octanol–water partition coefficient (Wildman–Crippen LogP) is 1.34. The van der Waals surface area contributed by atoms with Crippen LogP contribution in [0.15, 0.2) is 0 Å². The molecule has 0 amide bonds. The standard InChI is InChI=1S/C11H21NO2S/c1-9(11(2)5-6-11)12-8-10-4-3-7-15(10,13)14/h9-10,12H,3-8H2,1-2H3. The van der Waals surface area contributed by atoms with Crippen LogP contribution in [-0.2, 0) is 9.84 Å². The van der Waals surface area contributed by atoms with Crippen LogP contribution < -0.4 is 5.32 Å². The Hall–Kier alpha value is -0.0900. The maximum absolute atomic E-state index is 11.6. The first kappa shape index (κ1) is 11.4. The van der Waals surface area contributed by atoms with E-state index in [1.54, 1.807) is 0 Å². The zero-order valence-electron chi connectivity index (χ0n) is 9.62. The summed E-state index contributed by atoms with van der Waals surface area (Å²) in [5, 5.41) is 3.28. The SMILES string of the molecule is CC(NCC1CCCS1(=O)=O)C1(C)CC1. The van der Waals surface area contributed by atoms with Crippen molar-refractivity contribution in [2.75, 3.05) is 12.3 Å². The van der Waals surface area contributed by atoms with Gasteiger partial charge in [-0.1, -0.05) is 6.92 Å². The van der Waals surface area contributed by atoms with Crippen molar-refractivity contribution in [3.8, 4) is 0 Å². The van der Waals surface area contributed by atoms with E-state index in [2.05, 4.69) is 19.2 Å². The average Bonchev–Trinajstić information content (AvgIpc) is 2.81. The van der Waals surface area contributed by atoms with Crippen molar-refractivity contribution in [2.45, 2.75) is 50.8 Å². The van der Waals surface area contributed by atoms with Gasteiger partial charge < -0.3 is 5.32 Å². The normalized spacial score (nSPS) is 33.9. The maximum atomic E-state index is 11.6. The lowest BCUT2D eigenvalue weighted by Crippen LogP contribution is -2.39. The Morgan fingerprint density at radius 1 is 1.47 bits per heavy atom. The Labute approximate surface area is 92.6 Å². The Bertz CT molecular complexity index is 332. The highest BCUT2D eigenvalue weighted by Gasteiger charge is 2.43. The van der Waals surface area contributed by atoms with Crippen LogP contribution in [0.3, 0.4) is 0 Å². The fourth-order valence-electron chi connectivity index (χ4n) is 2.27. The first-order valence-electron chi connectivity index (χ1n) is 5.89. The first-order chi connectivity index (χ1) is 6.94. The van der Waals surface area contributed by atoms with Crippen molar-refractivity contribution < 1.29 is 8.42 Å². The van der Waals surface area contributed by atoms with Gasteiger partial charge in [0, 0.05) is 12.6 Å². The first-order valence-corrected chi connectivity index (χ1v) is 7.60. The topological polar surface area (TPSA) is 46.2 Å². The second-order valence-corrected chi connectivity index (χ2v) is 7.82. The smallest absolute Gasteiger partial charge is 0.154 e. The molecular formula is C11H21NO2S. The molecule has 1 aliphatic carbocycles. The van der Waals surface area contributed by atoms with Crippen LogP contribution in [0.5, 0.6) is 0 Å². The van der Waals surface area contributed by atoms with Crippen LogP contribution in [0.4, 0.5) is 0 Å². The van der Waals surface area contributed by atoms with Gasteiger partial charge in [-0.15, -0.1) is 0 Å². The highest BCUT2D eigenvalue weighted by Crippen LogP contribution is 2.47. The molecule has 88 valence electrons. The molecule has 3 nitrogen and oxygen atoms in total. The lowest BCUT2D eigenvalue weighted by atomic mass is 10.0. The predicted molar refractivity (Wildman–Crippen MR) is 61.6 cm³/mol. The van der Waals surface area contributed by atoms with Crippen molar-refractivity contribution in [3.63, 3.8) is 0 Å². The molecule has 2 fully saturated rings. The molecule has 1 saturated heterocycles. The number of hydrogen-bond donors (Lipinski definition) is 1. The fraction of sp³-hybridized carbons (Fsp3) is 1.00. The molecule has 2 aliphatic rings. The molecule has 15 heavy (non-hydrogen) atoms. The molecule has 2 atom stereocenters. The van der Waals surface area contributed by atoms with E-state index in [1.807, 2.05) is 0 Å². The van der Waals surface area contributed by atoms with Gasteiger partial charge in [-0.3, -0.25) is 0 Å². The van der Waals surface area contributed by atoms with E-state index in [1.165, 1.54) is 12.8 Å². The minimum absolute atomic E-state index is 0.123. The van der Waals surface area contributed by atoms with Crippen molar-refractivity contribution in [2.24, 2.45) is 5.41 Å². The number of nitrogens with one attached hydrogen (secondary N) is 1. The van der Waals surface area contributed by atoms with Crippen molar-refractivity contribution in [1.29, 1.82) is 0 Å². The molecule has 0 aromatic heterocycles. The van der Waals surface area contributed by atoms with Crippen LogP contribution in [0.1, 0.15) is 39.5 Å². The summed E-state index contributed by atoms with van der Waals surface area (Å²) in [5.41, 5.74) is 0.433. The second-order valence-electron chi connectivity index (χ2n) is 5.42. The summed E-state index contributed by atoms with van der Waals surface area (Å²) in [6, 6.07) is 0.452. The second kappa shape index (κ2) is 3.74. The molecule has 1 heterocycles. The number of rotatable bonds is 4. The van der Waals surface area contributed by atoms with Gasteiger partial charge in [-0.2, -0.15) is 0 Å². The van der Waals surface area contributed by atoms with Crippen molar-refractivity contribution in [3.05, 3.63) is 0 Å². The van der Waals surface area contributed by atoms with Crippen molar-refractivity contribution in [1.82, 2.24) is 5.32 Å². The molecule has 0 aromatic rings. The molecule has 1 saturated carbocycles. The minimum atomic E-state index is -2.77. The molecule has 0 spiro atoms. The monoisotopic (exact) mass is 231 g/mol. The highest BCUT2D eigenvalue weighted by atomic mass is 32.2. The van der Waals surface area contributed by atoms with E-state index < -0.39 is 9.84 Å². The molecule has 1 N–H and O–H groups in total. The van der Waals surface area contributed by atoms with E-state index in [9.17, 15) is 8.42 Å². The van der Waals surface area contributed by atoms with Crippen LogP contribution in [-0.4, -0.2) is 32.0 Å². The minimum Gasteiger partial charge on any atom is -0.312 e. The molecule has 0 radical (unpaired) electrons. The summed E-state index contributed by atoms with van der Waals surface area (Å²) in [6.07, 6.45) is 4.25. The largest absolute Gasteiger partial charge is 0.312 e. The molecule has 1 aliphatic heterocycles. The zero-order chi connectivity index (χ0) is 11.1. The van der Waals surface area contributed by atoms with Gasteiger partial charge in [0.1, 0.15) is 0 Å². The molecule has 0 aromatic carbocycles. The van der Waals surface area contributed by atoms with Crippen LogP contribution in [0, 0.1) is 5.41 Å². The summed E-state index contributed by atoms with van der Waals surface area (Å²) in [5.74, 6) is 0.394. The Balaban J connectivity index is 1.83. The van der Waals surface area contributed by atoms with Gasteiger partial charge in [-0.25, -0.2) is 8.42 Å². The quantitative estimate of drug-likeness (QED) is 0.794. The highest BCUT2D eigenvalue weighted by molar-refractivity contribution is 7.92. The third-order valence-electron chi connectivity index (χ3n) is 4.20. The Morgan fingerprint density at radius 2 is 2.13 bits per heavy atom. The van der Waals surface area contributed by atoms with E-state index in [-0.39, 0.29) is 5.25 Å². The van der Waals surface area contributed by atoms with Gasteiger partial charge >= 0.3 is 0 Å². The lowest BCUT2D eigenvalue weighted by Gasteiger charge is -2.22. The van der Waals surface area contributed by atoms with Crippen molar-refractivity contribution >= 4 is 9.84 Å². The molecule has 4 heteroatoms. The summed E-state index contributed by atoms with van der Waals surface area (Å²) >= 11 is 0. The summed E-state index contributed by atoms with van der Waals surface area (Å²) in [6.45, 7) is 5.10. The molecule has 2 rings (SSSR count). The zero-order valence-corrected chi connectivity index (χ0v) is 10.4. The molecule has 2 unspecified atom stereocenters. The summed E-state index contributed by atoms with van der Waals surface area (Å²) in [4.78, 5) is 0. The fourth-order valence-corrected chi connectivity index (χ4v) is 4.05. The van der Waals surface area contributed by atoms with Crippen LogP contribution in [0.2, 0.25) is 0 Å². The van der Waals surface area contributed by atoms with E-state index in [0.717, 1.165) is 12.8 Å². The van der Waals surface area contributed by atoms with Gasteiger partial charge in [0.25, 0.3) is 0 Å². The van der Waals surface area contributed by atoms with Gasteiger partial charge in [0.05, 0.1) is 11.0 Å². The van der Waals surface area contributed by atoms with E-state index in [0.29, 0.717) is 23.8 Å². The lowest BCUT2D eigenvalue weighted by molar-refractivity contribution is 0.379. The number of hydrogen-bond acceptors (Lipinski definition) is 3. The van der Waals surface area contributed by atoms with E-state index in [4.69, 9.17) is 0 Å². The third kappa shape index (κ3) is 2.36. The van der Waals surface area contributed by atoms with Crippen LogP contribution in [0.25, 0.3) is 0 Å². The average molecular weight is 231 g/mol. The van der Waals surface area contributed by atoms with Gasteiger partial charge in [-0.05, 0) is 38.0 Å². The Kier molecular flexibility index (Phi) is 2.84. The third-order valence-corrected chi connectivity index (χ3v) is 6.47. The van der Waals surface area contributed by atoms with Gasteiger partial charge in [0.15, 0.2) is 9.84 Å². The maximum Gasteiger partial charge on any atom is 0.154 e. The Morgan fingerprint density at radius 3 is 2.60 bits per heavy atom. The summed E-state index contributed by atoms with van der Waals surface area (Å²) in [7, 11) is -2.77. The number of sulfone groups is 1. The van der Waals surface area contributed by atoms with Gasteiger partial charge in [0.2, 0.25) is 0 Å².